The Bertz CT molecular complexity index is 335. The summed E-state index contributed by atoms with van der Waals surface area (Å²) in [5, 5.41) is 10.6. The lowest BCUT2D eigenvalue weighted by Gasteiger charge is -2.23. The monoisotopic (exact) mass is 206 g/mol. The fourth-order valence-electron chi connectivity index (χ4n) is 1.76. The van der Waals surface area contributed by atoms with Crippen LogP contribution >= 0.6 is 0 Å². The molecule has 0 radical (unpaired) electrons. The number of hydrogen-bond donors (Lipinski definition) is 1. The van der Waals surface area contributed by atoms with Gasteiger partial charge in [0, 0.05) is 19.6 Å². The third-order valence-electron chi connectivity index (χ3n) is 2.73. The van der Waals surface area contributed by atoms with Gasteiger partial charge in [0.05, 0.1) is 18.0 Å². The van der Waals surface area contributed by atoms with E-state index in [1.807, 2.05) is 7.05 Å². The second-order valence-electron chi connectivity index (χ2n) is 3.69. The van der Waals surface area contributed by atoms with Crippen molar-refractivity contribution in [3.63, 3.8) is 0 Å². The molecule has 1 aromatic rings. The Hall–Kier alpha value is -1.49. The van der Waals surface area contributed by atoms with Crippen molar-refractivity contribution in [3.8, 4) is 0 Å². The second-order valence-corrected chi connectivity index (χ2v) is 3.69. The lowest BCUT2D eigenvalue weighted by atomic mass is 10.2. The number of rotatable bonds is 2. The molecule has 1 fully saturated rings. The topological polar surface area (TPSA) is 58.1 Å². The van der Waals surface area contributed by atoms with Crippen LogP contribution in [0.5, 0.6) is 0 Å². The first-order valence-corrected chi connectivity index (χ1v) is 5.03. The number of carbonyl (C=O) groups is 1. The van der Waals surface area contributed by atoms with E-state index in [4.69, 9.17) is 0 Å². The number of hydrogen-bond acceptors (Lipinski definition) is 4. The summed E-state index contributed by atoms with van der Waals surface area (Å²) in [4.78, 5) is 13.7. The highest BCUT2D eigenvalue weighted by Gasteiger charge is 2.23. The van der Waals surface area contributed by atoms with Crippen LogP contribution in [0.2, 0.25) is 0 Å². The summed E-state index contributed by atoms with van der Waals surface area (Å²) in [6.07, 6.45) is 4.05. The van der Waals surface area contributed by atoms with Crippen molar-refractivity contribution in [2.75, 3.05) is 20.1 Å². The summed E-state index contributed by atoms with van der Waals surface area (Å²) < 4.78 is 0. The van der Waals surface area contributed by atoms with E-state index in [0.29, 0.717) is 11.6 Å². The predicted molar refractivity (Wildman–Crippen MR) is 55.4 cm³/mol. The van der Waals surface area contributed by atoms with Crippen LogP contribution in [-0.2, 0) is 0 Å². The fraction of sp³-hybridized carbons (Fsp3) is 0.500. The van der Waals surface area contributed by atoms with E-state index in [0.717, 1.165) is 19.5 Å². The molecule has 1 amide bonds. The zero-order chi connectivity index (χ0) is 10.7. The summed E-state index contributed by atoms with van der Waals surface area (Å²) >= 11 is 0. The molecule has 0 bridgehead atoms. The van der Waals surface area contributed by atoms with Gasteiger partial charge in [-0.3, -0.25) is 4.79 Å². The highest BCUT2D eigenvalue weighted by Crippen LogP contribution is 2.09. The third kappa shape index (κ3) is 2.12. The van der Waals surface area contributed by atoms with Crippen molar-refractivity contribution >= 4 is 5.91 Å². The minimum absolute atomic E-state index is 0.0126. The molecule has 5 nitrogen and oxygen atoms in total. The van der Waals surface area contributed by atoms with Gasteiger partial charge in [-0.15, -0.1) is 0 Å². The SMILES string of the molecule is CN(C(=O)c1ccnnc1)C1CCNC1. The zero-order valence-electron chi connectivity index (χ0n) is 8.68. The maximum Gasteiger partial charge on any atom is 0.255 e. The molecular formula is C10H14N4O. The van der Waals surface area contributed by atoms with Crippen LogP contribution in [0, 0.1) is 0 Å². The molecule has 1 atom stereocenters. The van der Waals surface area contributed by atoms with Crippen molar-refractivity contribution in [3.05, 3.63) is 24.0 Å². The van der Waals surface area contributed by atoms with Gasteiger partial charge in [-0.05, 0) is 19.0 Å². The lowest BCUT2D eigenvalue weighted by molar-refractivity contribution is 0.0743. The molecule has 2 rings (SSSR count). The minimum Gasteiger partial charge on any atom is -0.337 e. The number of carbonyl (C=O) groups excluding carboxylic acids is 1. The molecule has 1 aliphatic heterocycles. The first-order valence-electron chi connectivity index (χ1n) is 5.03. The Balaban J connectivity index is 2.07. The Morgan fingerprint density at radius 3 is 3.07 bits per heavy atom. The van der Waals surface area contributed by atoms with Crippen LogP contribution in [0.15, 0.2) is 18.5 Å². The number of nitrogens with zero attached hydrogens (tertiary/aromatic N) is 3. The third-order valence-corrected chi connectivity index (χ3v) is 2.73. The molecule has 1 aromatic heterocycles. The first kappa shape index (κ1) is 10.0. The highest BCUT2D eigenvalue weighted by molar-refractivity contribution is 5.93. The van der Waals surface area contributed by atoms with Crippen LogP contribution in [0.3, 0.4) is 0 Å². The predicted octanol–water partition coefficient (Wildman–Crippen LogP) is -0.0895. The smallest absolute Gasteiger partial charge is 0.255 e. The van der Waals surface area contributed by atoms with Crippen LogP contribution in [0.1, 0.15) is 16.8 Å². The van der Waals surface area contributed by atoms with Gasteiger partial charge in [0.15, 0.2) is 0 Å². The maximum absolute atomic E-state index is 12.0. The molecule has 1 N–H and O–H groups in total. The molecule has 1 unspecified atom stereocenters. The summed E-state index contributed by atoms with van der Waals surface area (Å²) in [6.45, 7) is 1.86. The van der Waals surface area contributed by atoms with Crippen LogP contribution in [0.25, 0.3) is 0 Å². The Morgan fingerprint density at radius 2 is 2.47 bits per heavy atom. The van der Waals surface area contributed by atoms with Crippen molar-refractivity contribution in [1.82, 2.24) is 20.4 Å². The van der Waals surface area contributed by atoms with Gasteiger partial charge in [-0.2, -0.15) is 10.2 Å². The molecule has 0 spiro atoms. The second kappa shape index (κ2) is 4.35. The van der Waals surface area contributed by atoms with E-state index in [-0.39, 0.29) is 5.91 Å². The van der Waals surface area contributed by atoms with Crippen LogP contribution < -0.4 is 5.32 Å². The van der Waals surface area contributed by atoms with E-state index < -0.39 is 0 Å². The van der Waals surface area contributed by atoms with Crippen LogP contribution in [-0.4, -0.2) is 47.2 Å². The summed E-state index contributed by atoms with van der Waals surface area (Å²) in [6, 6.07) is 1.99. The van der Waals surface area contributed by atoms with E-state index in [9.17, 15) is 4.79 Å². The van der Waals surface area contributed by atoms with Crippen LogP contribution in [0.4, 0.5) is 0 Å². The average Bonchev–Trinajstić information content (AvgIpc) is 2.82. The maximum atomic E-state index is 12.0. The standard InChI is InChI=1S/C10H14N4O/c1-14(9-3-4-11-7-9)10(15)8-2-5-12-13-6-8/h2,5-6,9,11H,3-4,7H2,1H3. The van der Waals surface area contributed by atoms with Gasteiger partial charge in [0.25, 0.3) is 5.91 Å². The molecule has 1 saturated heterocycles. The highest BCUT2D eigenvalue weighted by atomic mass is 16.2. The normalized spacial score (nSPS) is 20.2. The Kier molecular flexibility index (Phi) is 2.91. The van der Waals surface area contributed by atoms with Crippen molar-refractivity contribution in [2.24, 2.45) is 0 Å². The molecule has 0 aliphatic carbocycles. The number of amides is 1. The van der Waals surface area contributed by atoms with E-state index >= 15 is 0 Å². The van der Waals surface area contributed by atoms with E-state index in [1.54, 1.807) is 11.0 Å². The van der Waals surface area contributed by atoms with Gasteiger partial charge in [0.2, 0.25) is 0 Å². The number of nitrogens with one attached hydrogen (secondary N) is 1. The quantitative estimate of drug-likeness (QED) is 0.734. The van der Waals surface area contributed by atoms with Crippen molar-refractivity contribution < 1.29 is 4.79 Å². The molecule has 80 valence electrons. The summed E-state index contributed by atoms with van der Waals surface area (Å²) in [5.41, 5.74) is 0.597. The zero-order valence-corrected chi connectivity index (χ0v) is 8.68. The summed E-state index contributed by atoms with van der Waals surface area (Å²) in [7, 11) is 1.83. The largest absolute Gasteiger partial charge is 0.337 e. The van der Waals surface area contributed by atoms with Gasteiger partial charge in [0.1, 0.15) is 0 Å². The van der Waals surface area contributed by atoms with Gasteiger partial charge in [-0.1, -0.05) is 0 Å². The Labute approximate surface area is 88.5 Å². The molecule has 1 aliphatic rings. The number of aromatic nitrogens is 2. The average molecular weight is 206 g/mol. The molecule has 5 heteroatoms. The minimum atomic E-state index is 0.0126. The molecule has 2 heterocycles. The molecule has 0 saturated carbocycles. The first-order chi connectivity index (χ1) is 7.29. The molecule has 15 heavy (non-hydrogen) atoms. The van der Waals surface area contributed by atoms with Gasteiger partial charge < -0.3 is 10.2 Å². The molecular weight excluding hydrogens is 192 g/mol. The lowest BCUT2D eigenvalue weighted by Crippen LogP contribution is -2.38. The Morgan fingerprint density at radius 1 is 1.60 bits per heavy atom. The number of likely N-dealkylation sites (N-methyl/N-ethyl adjacent to an activating group) is 1. The van der Waals surface area contributed by atoms with E-state index in [2.05, 4.69) is 15.5 Å². The summed E-state index contributed by atoms with van der Waals surface area (Å²) in [5.74, 6) is 0.0126. The van der Waals surface area contributed by atoms with Gasteiger partial charge >= 0.3 is 0 Å². The van der Waals surface area contributed by atoms with E-state index in [1.165, 1.54) is 12.4 Å². The van der Waals surface area contributed by atoms with Crippen molar-refractivity contribution in [2.45, 2.75) is 12.5 Å². The fourth-order valence-corrected chi connectivity index (χ4v) is 1.76. The molecule has 0 aromatic carbocycles. The van der Waals surface area contributed by atoms with Crippen molar-refractivity contribution in [1.29, 1.82) is 0 Å². The van der Waals surface area contributed by atoms with Gasteiger partial charge in [-0.25, -0.2) is 0 Å².